The average Bonchev–Trinajstić information content (AvgIpc) is 3.88. The topological polar surface area (TPSA) is 158 Å². The summed E-state index contributed by atoms with van der Waals surface area (Å²) in [6.07, 6.45) is -4.65. The number of carbonyl (C=O) groups is 1. The van der Waals surface area contributed by atoms with Crippen molar-refractivity contribution in [2.45, 2.75) is 94.5 Å². The number of aryl methyl sites for hydroxylation is 1. The van der Waals surface area contributed by atoms with Gasteiger partial charge in [-0.15, -0.1) is 0 Å². The highest BCUT2D eigenvalue weighted by Gasteiger charge is 2.57. The molecule has 2 aliphatic rings. The van der Waals surface area contributed by atoms with Crippen LogP contribution in [0.2, 0.25) is 5.02 Å². The van der Waals surface area contributed by atoms with E-state index in [9.17, 15) is 43.6 Å². The van der Waals surface area contributed by atoms with Crippen LogP contribution < -0.4 is 10.0 Å². The van der Waals surface area contributed by atoms with Gasteiger partial charge in [0.25, 0.3) is 5.92 Å². The minimum Gasteiger partial charge on any atom is -0.346 e. The molecule has 12 nitrogen and oxygen atoms in total. The molecular weight excluding hydrogens is 915 g/mol. The molecule has 0 saturated heterocycles. The Kier molecular flexibility index (Phi) is 12.0. The molecule has 64 heavy (non-hydrogen) atoms. The van der Waals surface area contributed by atoms with Crippen LogP contribution in [0.3, 0.4) is 0 Å². The van der Waals surface area contributed by atoms with Crippen LogP contribution in [-0.4, -0.2) is 63.0 Å². The smallest absolute Gasteiger partial charge is 0.346 e. The van der Waals surface area contributed by atoms with E-state index < -0.39 is 107 Å². The number of benzene rings is 2. The summed E-state index contributed by atoms with van der Waals surface area (Å²) in [4.78, 5) is 18.9. The Balaban J connectivity index is 1.42. The molecule has 22 heteroatoms. The summed E-state index contributed by atoms with van der Waals surface area (Å²) in [7, 11) is -6.11. The highest BCUT2D eigenvalue weighted by molar-refractivity contribution is 7.94. The lowest BCUT2D eigenvalue weighted by molar-refractivity contribution is -0.143. The van der Waals surface area contributed by atoms with Crippen LogP contribution in [0.1, 0.15) is 93.3 Å². The predicted octanol–water partition coefficient (Wildman–Crippen LogP) is 8.20. The summed E-state index contributed by atoms with van der Waals surface area (Å²) in [5.74, 6) is -4.71. The number of anilines is 1. The number of amides is 1. The van der Waals surface area contributed by atoms with Crippen molar-refractivity contribution in [3.8, 4) is 23.0 Å². The van der Waals surface area contributed by atoms with Crippen LogP contribution in [-0.2, 0) is 56.8 Å². The van der Waals surface area contributed by atoms with Crippen molar-refractivity contribution >= 4 is 54.1 Å². The number of fused-ring (bicyclic) bond motifs is 2. The zero-order chi connectivity index (χ0) is 47.1. The van der Waals surface area contributed by atoms with Gasteiger partial charge in [0.2, 0.25) is 15.9 Å². The van der Waals surface area contributed by atoms with Gasteiger partial charge in [-0.2, -0.15) is 32.1 Å². The number of pyridine rings is 1. The summed E-state index contributed by atoms with van der Waals surface area (Å²) >= 11 is 6.64. The Morgan fingerprint density at radius 3 is 2.25 bits per heavy atom. The van der Waals surface area contributed by atoms with Gasteiger partial charge in [0.15, 0.2) is 21.3 Å². The molecule has 2 aromatic carbocycles. The van der Waals surface area contributed by atoms with Crippen molar-refractivity contribution < 1.29 is 52.4 Å². The molecule has 1 fully saturated rings. The molecule has 0 radical (unpaired) electrons. The molecule has 0 aliphatic heterocycles. The second-order valence-corrected chi connectivity index (χ2v) is 21.7. The van der Waals surface area contributed by atoms with E-state index in [1.54, 1.807) is 0 Å². The van der Waals surface area contributed by atoms with E-state index in [-0.39, 0.29) is 55.6 Å². The van der Waals surface area contributed by atoms with Crippen molar-refractivity contribution in [2.75, 3.05) is 10.5 Å². The number of rotatable bonds is 12. The lowest BCUT2D eigenvalue weighted by atomic mass is 9.93. The molecule has 5 aromatic rings. The minimum absolute atomic E-state index is 0.0450. The maximum absolute atomic E-state index is 15.7. The number of hydrogen-bond donors (Lipinski definition) is 2. The largest absolute Gasteiger partial charge is 0.435 e. The van der Waals surface area contributed by atoms with Crippen LogP contribution in [0.15, 0.2) is 42.5 Å². The third-order valence-corrected chi connectivity index (χ3v) is 16.1. The third kappa shape index (κ3) is 8.67. The predicted molar refractivity (Wildman–Crippen MR) is 225 cm³/mol. The van der Waals surface area contributed by atoms with Gasteiger partial charge < -0.3 is 5.32 Å². The Hall–Kier alpha value is -5.20. The van der Waals surface area contributed by atoms with Gasteiger partial charge in [0.1, 0.15) is 34.3 Å². The standard InChI is InChI=1S/C42H41ClF7N7O5S2/c1-7-63(59,60)55-39-34-30(43)13-12-29(36(34)56(6)54-39)28-11-8-26(14-15-40(4,5)64(61,62)27-9-10-27)51-35(28)31(18-23-16-24(44)19-25(45)17-23)52-32(58)20-57-38-33(37(53-57)42(48,49)50)21(2)22(3)41(38,46)47/h8,11-13,16-17,19,21-22,27,31H,7,9-10,18,20H2,1-6H3,(H,52,58)(H,54,55)/t21-,22+,31-/m0/s1. The molecule has 2 N–H and O–H groups in total. The van der Waals surface area contributed by atoms with Crippen LogP contribution in [0, 0.1) is 29.4 Å². The van der Waals surface area contributed by atoms with Gasteiger partial charge in [-0.1, -0.05) is 37.4 Å². The zero-order valence-corrected chi connectivity index (χ0v) is 37.4. The quantitative estimate of drug-likeness (QED) is 0.0937. The molecule has 3 heterocycles. The van der Waals surface area contributed by atoms with Crippen LogP contribution in [0.25, 0.3) is 22.0 Å². The Bertz CT molecular complexity index is 2990. The summed E-state index contributed by atoms with van der Waals surface area (Å²) in [6, 6.07) is 6.93. The molecule has 1 amide bonds. The first-order chi connectivity index (χ1) is 29.7. The fourth-order valence-electron chi connectivity index (χ4n) is 7.92. The maximum Gasteiger partial charge on any atom is 0.435 e. The molecule has 342 valence electrons. The van der Waals surface area contributed by atoms with Crippen molar-refractivity contribution in [3.63, 3.8) is 0 Å². The molecule has 3 aromatic heterocycles. The third-order valence-electron chi connectivity index (χ3n) is 11.6. The second kappa shape index (κ2) is 16.3. The first-order valence-electron chi connectivity index (χ1n) is 19.9. The highest BCUT2D eigenvalue weighted by atomic mass is 35.5. The minimum atomic E-state index is -5.15. The van der Waals surface area contributed by atoms with Crippen molar-refractivity contribution in [1.29, 1.82) is 0 Å². The molecule has 7 rings (SSSR count). The molecule has 2 aliphatic carbocycles. The van der Waals surface area contributed by atoms with Gasteiger partial charge in [0, 0.05) is 35.7 Å². The van der Waals surface area contributed by atoms with Crippen LogP contribution >= 0.6 is 11.6 Å². The number of nitrogens with zero attached hydrogens (tertiary/aromatic N) is 5. The summed E-state index contributed by atoms with van der Waals surface area (Å²) in [5, 5.41) is 10.1. The molecule has 1 saturated carbocycles. The Morgan fingerprint density at radius 2 is 1.64 bits per heavy atom. The summed E-state index contributed by atoms with van der Waals surface area (Å²) in [5.41, 5.74) is -2.90. The molecule has 0 unspecified atom stereocenters. The lowest BCUT2D eigenvalue weighted by Crippen LogP contribution is -2.35. The number of halogens is 8. The van der Waals surface area contributed by atoms with E-state index in [1.807, 2.05) is 0 Å². The van der Waals surface area contributed by atoms with Crippen molar-refractivity contribution in [3.05, 3.63) is 93.0 Å². The zero-order valence-electron chi connectivity index (χ0n) is 35.0. The van der Waals surface area contributed by atoms with E-state index in [0.717, 1.165) is 19.1 Å². The molecule has 0 spiro atoms. The fraction of sp³-hybridized carbons (Fsp3) is 0.429. The van der Waals surface area contributed by atoms with Crippen molar-refractivity contribution in [1.82, 2.24) is 29.9 Å². The summed E-state index contributed by atoms with van der Waals surface area (Å²) < 4.78 is 158. The SMILES string of the molecule is CCS(=O)(=O)Nc1nn(C)c2c(-c3ccc(C#CC(C)(C)S(=O)(=O)C4CC4)nc3[C@H](Cc3cc(F)cc(F)c3)NC(=O)Cn3nc(C(F)(F)F)c4c3C(F)(F)[C@H](C)[C@@H]4C)ccc(Cl)c12. The van der Waals surface area contributed by atoms with E-state index in [0.29, 0.717) is 23.6 Å². The monoisotopic (exact) mass is 955 g/mol. The lowest BCUT2D eigenvalue weighted by Gasteiger charge is -2.23. The number of sulfone groups is 1. The van der Waals surface area contributed by atoms with Crippen molar-refractivity contribution in [2.24, 2.45) is 13.0 Å². The summed E-state index contributed by atoms with van der Waals surface area (Å²) in [6.45, 7) is 5.42. The van der Waals surface area contributed by atoms with Gasteiger partial charge in [0.05, 0.1) is 38.7 Å². The average molecular weight is 956 g/mol. The first-order valence-corrected chi connectivity index (χ1v) is 23.5. The number of alkyl halides is 5. The van der Waals surface area contributed by atoms with Crippen LogP contribution in [0.5, 0.6) is 0 Å². The number of nitrogens with one attached hydrogen (secondary N) is 2. The number of hydrogen-bond acceptors (Lipinski definition) is 8. The molecule has 0 bridgehead atoms. The van der Waals surface area contributed by atoms with E-state index in [1.165, 1.54) is 63.7 Å². The van der Waals surface area contributed by atoms with E-state index >= 15 is 8.78 Å². The van der Waals surface area contributed by atoms with E-state index in [4.69, 9.17) is 16.6 Å². The normalized spacial score (nSPS) is 18.1. The van der Waals surface area contributed by atoms with Gasteiger partial charge in [-0.25, -0.2) is 30.6 Å². The molecular formula is C42H41ClF7N7O5S2. The highest BCUT2D eigenvalue weighted by Crippen LogP contribution is 2.55. The number of carbonyl (C=O) groups excluding carboxylic acids is 1. The fourth-order valence-corrected chi connectivity index (χ4v) is 10.5. The maximum atomic E-state index is 15.7. The van der Waals surface area contributed by atoms with Gasteiger partial charge in [-0.05, 0) is 87.8 Å². The Morgan fingerprint density at radius 1 is 1.00 bits per heavy atom. The van der Waals surface area contributed by atoms with Crippen LogP contribution in [0.4, 0.5) is 36.6 Å². The number of aromatic nitrogens is 5. The van der Waals surface area contributed by atoms with Gasteiger partial charge in [-0.3, -0.25) is 18.9 Å². The Labute approximate surface area is 368 Å². The van der Waals surface area contributed by atoms with Gasteiger partial charge >= 0.3 is 6.18 Å². The van der Waals surface area contributed by atoms with E-state index in [2.05, 4.69) is 32.1 Å². The number of sulfonamides is 1. The second-order valence-electron chi connectivity index (χ2n) is 16.5. The first kappa shape index (κ1) is 46.8. The molecule has 3 atom stereocenters.